The van der Waals surface area contributed by atoms with E-state index in [1.165, 1.54) is 50.3 Å². The van der Waals surface area contributed by atoms with Gasteiger partial charge in [-0.25, -0.2) is 12.8 Å². The fraction of sp³-hybridized carbons (Fsp3) is 0.650. The molecule has 4 bridgehead atoms. The predicted molar refractivity (Wildman–Crippen MR) is 99.8 cm³/mol. The number of nitrogens with one attached hydrogen (secondary N) is 2. The van der Waals surface area contributed by atoms with Gasteiger partial charge >= 0.3 is 0 Å². The van der Waals surface area contributed by atoms with Crippen molar-refractivity contribution >= 4 is 15.9 Å². The first-order chi connectivity index (χ1) is 12.6. The first-order valence-corrected chi connectivity index (χ1v) is 11.2. The zero-order valence-electron chi connectivity index (χ0n) is 15.7. The van der Waals surface area contributed by atoms with Crippen molar-refractivity contribution in [3.8, 4) is 0 Å². The van der Waals surface area contributed by atoms with Gasteiger partial charge < -0.3 is 5.32 Å². The van der Waals surface area contributed by atoms with E-state index in [1.807, 2.05) is 0 Å². The van der Waals surface area contributed by atoms with E-state index in [0.717, 1.165) is 17.9 Å². The van der Waals surface area contributed by atoms with Crippen molar-refractivity contribution in [2.45, 2.75) is 62.4 Å². The lowest BCUT2D eigenvalue weighted by atomic mass is 9.54. The number of rotatable bonds is 5. The summed E-state index contributed by atoms with van der Waals surface area (Å²) in [5.74, 6) is 1.69. The minimum atomic E-state index is -4.00. The number of sulfonamides is 1. The van der Waals surface area contributed by atoms with Crippen molar-refractivity contribution in [3.05, 3.63) is 30.1 Å². The molecule has 5 nitrogen and oxygen atoms in total. The summed E-state index contributed by atoms with van der Waals surface area (Å²) in [7, 11) is -4.00. The summed E-state index contributed by atoms with van der Waals surface area (Å²) < 4.78 is 41.0. The molecule has 0 saturated heterocycles. The molecule has 2 N–H and O–H groups in total. The Morgan fingerprint density at radius 1 is 1.07 bits per heavy atom. The van der Waals surface area contributed by atoms with Gasteiger partial charge in [0.2, 0.25) is 15.9 Å². The van der Waals surface area contributed by atoms with Gasteiger partial charge in [-0.15, -0.1) is 0 Å². The summed E-state index contributed by atoms with van der Waals surface area (Å²) in [5, 5.41) is 3.15. The highest BCUT2D eigenvalue weighted by Gasteiger charge is 2.49. The normalized spacial score (nSPS) is 32.5. The predicted octanol–water partition coefficient (Wildman–Crippen LogP) is 2.82. The Bertz CT molecular complexity index is 825. The van der Waals surface area contributed by atoms with Crippen LogP contribution < -0.4 is 10.0 Å². The van der Waals surface area contributed by atoms with Gasteiger partial charge in [-0.05, 0) is 87.8 Å². The molecule has 0 spiro atoms. The minimum Gasteiger partial charge on any atom is -0.351 e. The van der Waals surface area contributed by atoms with Crippen LogP contribution in [0, 0.1) is 29.5 Å². The van der Waals surface area contributed by atoms with Gasteiger partial charge in [-0.3, -0.25) is 4.79 Å². The average molecular weight is 395 g/mol. The van der Waals surface area contributed by atoms with Crippen LogP contribution in [0.4, 0.5) is 4.39 Å². The van der Waals surface area contributed by atoms with Gasteiger partial charge in [0.05, 0.1) is 4.90 Å². The lowest BCUT2D eigenvalue weighted by molar-refractivity contribution is -0.129. The van der Waals surface area contributed by atoms with Crippen LogP contribution in [0.2, 0.25) is 0 Å². The highest BCUT2D eigenvalue weighted by molar-refractivity contribution is 7.89. The molecule has 0 unspecified atom stereocenters. The molecule has 0 aromatic heterocycles. The monoisotopic (exact) mass is 394 g/mol. The second kappa shape index (κ2) is 6.55. The Morgan fingerprint density at radius 3 is 2.22 bits per heavy atom. The van der Waals surface area contributed by atoms with Crippen molar-refractivity contribution in [2.24, 2.45) is 23.7 Å². The molecule has 27 heavy (non-hydrogen) atoms. The standard InChI is InChI=1S/C20H27FN2O3S/c1-20(2,23-27(25,26)17-5-3-4-16(21)11-17)19(24)22-18-14-7-12-6-13(9-14)10-15(18)8-12/h3-5,11-15,18,23H,6-10H2,1-2H3,(H,22,24). The van der Waals surface area contributed by atoms with E-state index in [0.29, 0.717) is 11.8 Å². The van der Waals surface area contributed by atoms with Crippen molar-refractivity contribution in [1.29, 1.82) is 0 Å². The number of amides is 1. The molecule has 1 amide bonds. The summed E-state index contributed by atoms with van der Waals surface area (Å²) >= 11 is 0. The van der Waals surface area contributed by atoms with E-state index in [2.05, 4.69) is 10.0 Å². The molecule has 5 rings (SSSR count). The molecule has 4 aliphatic rings. The molecule has 7 heteroatoms. The van der Waals surface area contributed by atoms with Crippen LogP contribution in [0.1, 0.15) is 46.0 Å². The number of carbonyl (C=O) groups excluding carboxylic acids is 1. The highest BCUT2D eigenvalue weighted by atomic mass is 32.2. The van der Waals surface area contributed by atoms with Crippen molar-refractivity contribution in [3.63, 3.8) is 0 Å². The molecule has 4 fully saturated rings. The van der Waals surface area contributed by atoms with Gasteiger partial charge in [0.25, 0.3) is 0 Å². The van der Waals surface area contributed by atoms with Crippen LogP contribution in [0.3, 0.4) is 0 Å². The average Bonchev–Trinajstić information content (AvgIpc) is 2.56. The molecule has 1 aromatic carbocycles. The molecule has 0 heterocycles. The molecule has 4 saturated carbocycles. The van der Waals surface area contributed by atoms with Gasteiger partial charge in [-0.1, -0.05) is 6.07 Å². The third-order valence-electron chi connectivity index (χ3n) is 6.59. The number of carbonyl (C=O) groups is 1. The molecule has 0 atom stereocenters. The molecule has 0 aliphatic heterocycles. The van der Waals surface area contributed by atoms with Crippen molar-refractivity contribution in [2.75, 3.05) is 0 Å². The van der Waals surface area contributed by atoms with Gasteiger partial charge in [-0.2, -0.15) is 4.72 Å². The van der Waals surface area contributed by atoms with Crippen LogP contribution in [0.5, 0.6) is 0 Å². The van der Waals surface area contributed by atoms with Crippen LogP contribution in [0.15, 0.2) is 29.2 Å². The SMILES string of the molecule is CC(C)(NS(=O)(=O)c1cccc(F)c1)C(=O)NC1C2CC3CC(C2)CC1C3. The van der Waals surface area contributed by atoms with Crippen LogP contribution in [-0.4, -0.2) is 25.9 Å². The summed E-state index contributed by atoms with van der Waals surface area (Å²) in [6, 6.07) is 4.93. The second-order valence-electron chi connectivity index (χ2n) is 9.12. The maximum absolute atomic E-state index is 13.4. The Morgan fingerprint density at radius 2 is 1.67 bits per heavy atom. The minimum absolute atomic E-state index is 0.142. The maximum atomic E-state index is 13.4. The van der Waals surface area contributed by atoms with Gasteiger partial charge in [0.1, 0.15) is 11.4 Å². The molecule has 148 valence electrons. The third-order valence-corrected chi connectivity index (χ3v) is 8.24. The molecular weight excluding hydrogens is 367 g/mol. The van der Waals surface area contributed by atoms with Gasteiger partial charge in [0, 0.05) is 6.04 Å². The van der Waals surface area contributed by atoms with E-state index in [4.69, 9.17) is 0 Å². The summed E-state index contributed by atoms with van der Waals surface area (Å²) in [4.78, 5) is 12.7. The second-order valence-corrected chi connectivity index (χ2v) is 10.8. The van der Waals surface area contributed by atoms with E-state index in [1.54, 1.807) is 13.8 Å². The van der Waals surface area contributed by atoms with Crippen LogP contribution >= 0.6 is 0 Å². The van der Waals surface area contributed by atoms with Gasteiger partial charge in [0.15, 0.2) is 0 Å². The molecule has 1 aromatic rings. The summed E-state index contributed by atoms with van der Waals surface area (Å²) in [6.07, 6.45) is 6.04. The zero-order valence-corrected chi connectivity index (χ0v) is 16.6. The van der Waals surface area contributed by atoms with Crippen LogP contribution in [-0.2, 0) is 14.8 Å². The van der Waals surface area contributed by atoms with E-state index < -0.39 is 21.4 Å². The Kier molecular flexibility index (Phi) is 4.58. The number of hydrogen-bond donors (Lipinski definition) is 2. The van der Waals surface area contributed by atoms with E-state index >= 15 is 0 Å². The van der Waals surface area contributed by atoms with Crippen molar-refractivity contribution in [1.82, 2.24) is 10.0 Å². The fourth-order valence-corrected chi connectivity index (χ4v) is 6.98. The van der Waals surface area contributed by atoms with Crippen LogP contribution in [0.25, 0.3) is 0 Å². The van der Waals surface area contributed by atoms with E-state index in [-0.39, 0.29) is 16.8 Å². The number of halogens is 1. The highest BCUT2D eigenvalue weighted by Crippen LogP contribution is 2.53. The van der Waals surface area contributed by atoms with Crippen molar-refractivity contribution < 1.29 is 17.6 Å². The first kappa shape index (κ1) is 18.9. The molecule has 0 radical (unpaired) electrons. The first-order valence-electron chi connectivity index (χ1n) is 9.74. The lowest BCUT2D eigenvalue weighted by Gasteiger charge is -2.54. The lowest BCUT2D eigenvalue weighted by Crippen LogP contribution is -2.62. The summed E-state index contributed by atoms with van der Waals surface area (Å²) in [5.41, 5.74) is -1.32. The largest absolute Gasteiger partial charge is 0.351 e. The zero-order chi connectivity index (χ0) is 19.4. The third kappa shape index (κ3) is 3.63. The Balaban J connectivity index is 1.46. The molecule has 4 aliphatic carbocycles. The number of hydrogen-bond acceptors (Lipinski definition) is 3. The maximum Gasteiger partial charge on any atom is 0.241 e. The Labute approximate surface area is 160 Å². The topological polar surface area (TPSA) is 75.3 Å². The number of benzene rings is 1. The smallest absolute Gasteiger partial charge is 0.241 e. The Hall–Kier alpha value is -1.47. The fourth-order valence-electron chi connectivity index (χ4n) is 5.57. The summed E-state index contributed by atoms with van der Waals surface area (Å²) in [6.45, 7) is 3.10. The van der Waals surface area contributed by atoms with E-state index in [9.17, 15) is 17.6 Å². The molecular formula is C20H27FN2O3S. The quantitative estimate of drug-likeness (QED) is 0.806.